The van der Waals surface area contributed by atoms with Crippen LogP contribution in [0.1, 0.15) is 6.42 Å². The first-order chi connectivity index (χ1) is 8.06. The molecule has 0 aromatic carbocycles. The molecule has 1 aromatic heterocycles. The van der Waals surface area contributed by atoms with E-state index in [2.05, 4.69) is 36.5 Å². The summed E-state index contributed by atoms with van der Waals surface area (Å²) < 4.78 is 0.764. The normalized spacial score (nSPS) is 9.88. The number of hydrogen-bond acceptors (Lipinski definition) is 5. The van der Waals surface area contributed by atoms with Crippen LogP contribution in [0.2, 0.25) is 0 Å². The van der Waals surface area contributed by atoms with Gasteiger partial charge in [-0.2, -0.15) is 0 Å². The highest BCUT2D eigenvalue weighted by atomic mass is 79.9. The van der Waals surface area contributed by atoms with E-state index >= 15 is 0 Å². The van der Waals surface area contributed by atoms with Gasteiger partial charge in [-0.3, -0.25) is 4.79 Å². The van der Waals surface area contributed by atoms with Gasteiger partial charge in [-0.15, -0.1) is 0 Å². The van der Waals surface area contributed by atoms with Crippen LogP contribution < -0.4 is 10.6 Å². The molecular formula is C10H16BrN5O. The molecule has 94 valence electrons. The number of nitrogens with zero attached hydrogens (tertiary/aromatic N) is 3. The standard InChI is InChI=1S/C10H16BrN5O/c1-12-9-8(11)10(15-6-14-9)13-5-4-7(17)16(2)3/h6H,4-5H2,1-3H3,(H2,12,13,14,15). The van der Waals surface area contributed by atoms with Crippen molar-refractivity contribution in [1.29, 1.82) is 0 Å². The van der Waals surface area contributed by atoms with Gasteiger partial charge in [-0.05, 0) is 15.9 Å². The van der Waals surface area contributed by atoms with Crippen LogP contribution in [0, 0.1) is 0 Å². The van der Waals surface area contributed by atoms with Gasteiger partial charge in [-0.1, -0.05) is 0 Å². The van der Waals surface area contributed by atoms with Crippen LogP contribution in [0.5, 0.6) is 0 Å². The van der Waals surface area contributed by atoms with Gasteiger partial charge in [0, 0.05) is 34.1 Å². The fourth-order valence-corrected chi connectivity index (χ4v) is 1.72. The van der Waals surface area contributed by atoms with E-state index in [0.29, 0.717) is 24.6 Å². The molecule has 0 aliphatic rings. The number of amides is 1. The maximum atomic E-state index is 11.4. The number of aromatic nitrogens is 2. The fraction of sp³-hybridized carbons (Fsp3) is 0.500. The van der Waals surface area contributed by atoms with Crippen molar-refractivity contribution in [3.8, 4) is 0 Å². The SMILES string of the molecule is CNc1ncnc(NCCC(=O)N(C)C)c1Br. The molecule has 17 heavy (non-hydrogen) atoms. The van der Waals surface area contributed by atoms with Crippen molar-refractivity contribution in [3.63, 3.8) is 0 Å². The molecule has 6 nitrogen and oxygen atoms in total. The van der Waals surface area contributed by atoms with Crippen molar-refractivity contribution >= 4 is 33.5 Å². The zero-order valence-electron chi connectivity index (χ0n) is 10.1. The Balaban J connectivity index is 2.55. The Kier molecular flexibility index (Phi) is 5.14. The third-order valence-corrected chi connectivity index (χ3v) is 2.91. The highest BCUT2D eigenvalue weighted by Crippen LogP contribution is 2.25. The van der Waals surface area contributed by atoms with E-state index in [1.807, 2.05) is 0 Å². The Labute approximate surface area is 109 Å². The van der Waals surface area contributed by atoms with Crippen molar-refractivity contribution in [2.45, 2.75) is 6.42 Å². The molecule has 1 aromatic rings. The molecule has 0 aliphatic heterocycles. The van der Waals surface area contributed by atoms with Crippen LogP contribution in [0.4, 0.5) is 11.6 Å². The van der Waals surface area contributed by atoms with E-state index in [4.69, 9.17) is 0 Å². The summed E-state index contributed by atoms with van der Waals surface area (Å²) in [6.07, 6.45) is 1.89. The average molecular weight is 302 g/mol. The Hall–Kier alpha value is -1.37. The molecule has 0 radical (unpaired) electrons. The zero-order valence-corrected chi connectivity index (χ0v) is 11.7. The molecule has 1 amide bonds. The average Bonchev–Trinajstić information content (AvgIpc) is 2.31. The van der Waals surface area contributed by atoms with Crippen LogP contribution in [0.25, 0.3) is 0 Å². The second-order valence-electron chi connectivity index (χ2n) is 3.60. The molecule has 7 heteroatoms. The summed E-state index contributed by atoms with van der Waals surface area (Å²) in [6.45, 7) is 0.537. The number of carbonyl (C=O) groups is 1. The van der Waals surface area contributed by atoms with Crippen molar-refractivity contribution in [2.75, 3.05) is 38.3 Å². The van der Waals surface area contributed by atoms with Crippen molar-refractivity contribution < 1.29 is 4.79 Å². The van der Waals surface area contributed by atoms with E-state index in [0.717, 1.165) is 4.47 Å². The lowest BCUT2D eigenvalue weighted by molar-refractivity contribution is -0.128. The summed E-state index contributed by atoms with van der Waals surface area (Å²) in [5, 5.41) is 6.03. The van der Waals surface area contributed by atoms with Crippen LogP contribution in [-0.4, -0.2) is 48.5 Å². The van der Waals surface area contributed by atoms with Gasteiger partial charge in [0.25, 0.3) is 0 Å². The predicted octanol–water partition coefficient (Wildman–Crippen LogP) is 1.17. The summed E-state index contributed by atoms with van der Waals surface area (Å²) in [6, 6.07) is 0. The van der Waals surface area contributed by atoms with E-state index < -0.39 is 0 Å². The smallest absolute Gasteiger partial charge is 0.223 e. The van der Waals surface area contributed by atoms with Gasteiger partial charge >= 0.3 is 0 Å². The lowest BCUT2D eigenvalue weighted by Crippen LogP contribution is -2.24. The van der Waals surface area contributed by atoms with E-state index in [9.17, 15) is 4.79 Å². The lowest BCUT2D eigenvalue weighted by atomic mass is 10.4. The molecule has 0 spiro atoms. The minimum absolute atomic E-state index is 0.0801. The summed E-state index contributed by atoms with van der Waals surface area (Å²) >= 11 is 3.39. The van der Waals surface area contributed by atoms with Gasteiger partial charge < -0.3 is 15.5 Å². The first kappa shape index (κ1) is 13.7. The maximum absolute atomic E-state index is 11.4. The molecule has 2 N–H and O–H groups in total. The Bertz CT molecular complexity index is 396. The number of rotatable bonds is 5. The number of hydrogen-bond donors (Lipinski definition) is 2. The number of anilines is 2. The first-order valence-electron chi connectivity index (χ1n) is 5.18. The van der Waals surface area contributed by atoms with Crippen LogP contribution >= 0.6 is 15.9 Å². The monoisotopic (exact) mass is 301 g/mol. The largest absolute Gasteiger partial charge is 0.372 e. The van der Waals surface area contributed by atoms with Crippen molar-refractivity contribution in [2.24, 2.45) is 0 Å². The quantitative estimate of drug-likeness (QED) is 0.854. The number of nitrogens with one attached hydrogen (secondary N) is 2. The van der Waals surface area contributed by atoms with Crippen LogP contribution in [0.15, 0.2) is 10.8 Å². The Morgan fingerprint density at radius 3 is 2.65 bits per heavy atom. The predicted molar refractivity (Wildman–Crippen MR) is 71.1 cm³/mol. The van der Waals surface area contributed by atoms with Gasteiger partial charge in [0.15, 0.2) is 0 Å². The summed E-state index contributed by atoms with van der Waals surface area (Å²) in [5.74, 6) is 1.47. The molecule has 0 saturated heterocycles. The molecule has 0 fully saturated rings. The molecule has 1 heterocycles. The van der Waals surface area contributed by atoms with E-state index in [-0.39, 0.29) is 5.91 Å². The van der Waals surface area contributed by atoms with Gasteiger partial charge in [0.05, 0.1) is 0 Å². The first-order valence-corrected chi connectivity index (χ1v) is 5.97. The van der Waals surface area contributed by atoms with Gasteiger partial charge in [-0.25, -0.2) is 9.97 Å². The molecule has 0 atom stereocenters. The number of halogens is 1. The molecular weight excluding hydrogens is 286 g/mol. The topological polar surface area (TPSA) is 70.1 Å². The summed E-state index contributed by atoms with van der Waals surface area (Å²) in [4.78, 5) is 21.1. The lowest BCUT2D eigenvalue weighted by Gasteiger charge is -2.12. The Morgan fingerprint density at radius 1 is 1.41 bits per heavy atom. The third-order valence-electron chi connectivity index (χ3n) is 2.16. The molecule has 0 bridgehead atoms. The number of carbonyl (C=O) groups excluding carboxylic acids is 1. The maximum Gasteiger partial charge on any atom is 0.223 e. The molecule has 0 aliphatic carbocycles. The Morgan fingerprint density at radius 2 is 2.06 bits per heavy atom. The minimum Gasteiger partial charge on any atom is -0.372 e. The van der Waals surface area contributed by atoms with Crippen LogP contribution in [0.3, 0.4) is 0 Å². The van der Waals surface area contributed by atoms with E-state index in [1.165, 1.54) is 6.33 Å². The second kappa shape index (κ2) is 6.39. The molecule has 0 saturated carbocycles. The van der Waals surface area contributed by atoms with Crippen molar-refractivity contribution in [3.05, 3.63) is 10.8 Å². The third kappa shape index (κ3) is 3.85. The van der Waals surface area contributed by atoms with E-state index in [1.54, 1.807) is 26.0 Å². The minimum atomic E-state index is 0.0801. The molecule has 1 rings (SSSR count). The zero-order chi connectivity index (χ0) is 12.8. The van der Waals surface area contributed by atoms with Gasteiger partial charge in [0.2, 0.25) is 5.91 Å². The highest BCUT2D eigenvalue weighted by Gasteiger charge is 2.08. The summed E-state index contributed by atoms with van der Waals surface area (Å²) in [5.41, 5.74) is 0. The van der Waals surface area contributed by atoms with Crippen molar-refractivity contribution in [1.82, 2.24) is 14.9 Å². The van der Waals surface area contributed by atoms with Crippen LogP contribution in [-0.2, 0) is 4.79 Å². The van der Waals surface area contributed by atoms with Gasteiger partial charge in [0.1, 0.15) is 22.4 Å². The highest BCUT2D eigenvalue weighted by molar-refractivity contribution is 9.10. The fourth-order valence-electron chi connectivity index (χ4n) is 1.18. The summed E-state index contributed by atoms with van der Waals surface area (Å²) in [7, 11) is 5.26. The second-order valence-corrected chi connectivity index (χ2v) is 4.39. The molecule has 0 unspecified atom stereocenters.